The molecule has 4 nitrogen and oxygen atoms in total. The topological polar surface area (TPSA) is 59.1 Å². The molecule has 3 aromatic carbocycles. The summed E-state index contributed by atoms with van der Waals surface area (Å²) in [5.74, 6) is -0.626. The quantitative estimate of drug-likeness (QED) is 0.231. The van der Waals surface area contributed by atoms with Gasteiger partial charge in [-0.15, -0.1) is 0 Å². The van der Waals surface area contributed by atoms with Crippen molar-refractivity contribution in [1.82, 2.24) is 4.98 Å². The maximum atomic E-state index is 13.0. The third kappa shape index (κ3) is 5.93. The van der Waals surface area contributed by atoms with Gasteiger partial charge in [0, 0.05) is 22.5 Å². The highest BCUT2D eigenvalue weighted by atomic mass is 19.4. The van der Waals surface area contributed by atoms with Gasteiger partial charge in [0.05, 0.1) is 11.3 Å². The molecule has 0 unspecified atom stereocenters. The number of carbonyl (C=O) groups excluding carboxylic acids is 2. The standard InChI is InChI=1S/C29H21F3N2O2/c1-19-5-4-6-23(33-19)17-18-27(35)21-11-15-24(16-12-21)34-28(36)26-8-3-2-7-25(26)20-9-13-22(14-10-20)29(30,31)32/h2-18H,1H3,(H,34,36). The lowest BCUT2D eigenvalue weighted by Crippen LogP contribution is -2.13. The maximum Gasteiger partial charge on any atom is 0.416 e. The van der Waals surface area contributed by atoms with E-state index in [1.807, 2.05) is 19.1 Å². The molecule has 0 bridgehead atoms. The Balaban J connectivity index is 1.47. The van der Waals surface area contributed by atoms with Crippen LogP contribution in [0.5, 0.6) is 0 Å². The molecule has 7 heteroatoms. The lowest BCUT2D eigenvalue weighted by atomic mass is 9.98. The van der Waals surface area contributed by atoms with E-state index in [0.29, 0.717) is 33.6 Å². The smallest absolute Gasteiger partial charge is 0.322 e. The van der Waals surface area contributed by atoms with E-state index in [9.17, 15) is 22.8 Å². The van der Waals surface area contributed by atoms with Gasteiger partial charge in [-0.1, -0.05) is 36.4 Å². The Morgan fingerprint density at radius 1 is 0.833 bits per heavy atom. The van der Waals surface area contributed by atoms with E-state index >= 15 is 0 Å². The minimum absolute atomic E-state index is 0.205. The van der Waals surface area contributed by atoms with E-state index in [1.165, 1.54) is 18.2 Å². The van der Waals surface area contributed by atoms with Crippen LogP contribution >= 0.6 is 0 Å². The number of benzene rings is 3. The summed E-state index contributed by atoms with van der Waals surface area (Å²) in [6.07, 6.45) is -1.35. The number of pyridine rings is 1. The zero-order valence-corrected chi connectivity index (χ0v) is 19.2. The zero-order valence-electron chi connectivity index (χ0n) is 19.2. The summed E-state index contributed by atoms with van der Waals surface area (Å²) >= 11 is 0. The van der Waals surface area contributed by atoms with Crippen LogP contribution in [0.3, 0.4) is 0 Å². The van der Waals surface area contributed by atoms with E-state index in [0.717, 1.165) is 17.8 Å². The number of halogens is 3. The molecule has 4 aromatic rings. The normalized spacial score (nSPS) is 11.4. The number of anilines is 1. The molecule has 0 aliphatic carbocycles. The van der Waals surface area contributed by atoms with Gasteiger partial charge in [-0.2, -0.15) is 13.2 Å². The highest BCUT2D eigenvalue weighted by Gasteiger charge is 2.30. The zero-order chi connectivity index (χ0) is 25.7. The molecule has 0 saturated carbocycles. The molecule has 0 spiro atoms. The number of amides is 1. The van der Waals surface area contributed by atoms with Crippen LogP contribution in [0, 0.1) is 6.92 Å². The molecular weight excluding hydrogens is 465 g/mol. The van der Waals surface area contributed by atoms with Crippen LogP contribution in [-0.4, -0.2) is 16.7 Å². The Morgan fingerprint density at radius 3 is 2.19 bits per heavy atom. The number of nitrogens with one attached hydrogen (secondary N) is 1. The Bertz CT molecular complexity index is 1420. The van der Waals surface area contributed by atoms with E-state index in [1.54, 1.807) is 60.7 Å². The van der Waals surface area contributed by atoms with Crippen molar-refractivity contribution in [2.45, 2.75) is 13.1 Å². The molecule has 0 fully saturated rings. The highest BCUT2D eigenvalue weighted by molar-refractivity contribution is 6.09. The third-order valence-electron chi connectivity index (χ3n) is 5.44. The second-order valence-corrected chi connectivity index (χ2v) is 8.05. The first-order chi connectivity index (χ1) is 17.2. The molecule has 0 radical (unpaired) electrons. The van der Waals surface area contributed by atoms with Gasteiger partial charge in [0.25, 0.3) is 5.91 Å². The number of aryl methyl sites for hydroxylation is 1. The average Bonchev–Trinajstić information content (AvgIpc) is 2.87. The van der Waals surface area contributed by atoms with Crippen LogP contribution in [0.1, 0.15) is 37.7 Å². The van der Waals surface area contributed by atoms with E-state index < -0.39 is 17.6 Å². The first kappa shape index (κ1) is 24.6. The van der Waals surface area contributed by atoms with E-state index in [2.05, 4.69) is 10.3 Å². The van der Waals surface area contributed by atoms with Crippen LogP contribution in [0.25, 0.3) is 17.2 Å². The molecule has 0 saturated heterocycles. The number of ketones is 1. The minimum Gasteiger partial charge on any atom is -0.322 e. The van der Waals surface area contributed by atoms with Gasteiger partial charge >= 0.3 is 6.18 Å². The predicted octanol–water partition coefficient (Wildman–Crippen LogP) is 7.22. The van der Waals surface area contributed by atoms with Crippen LogP contribution in [-0.2, 0) is 6.18 Å². The largest absolute Gasteiger partial charge is 0.416 e. The van der Waals surface area contributed by atoms with Crippen LogP contribution in [0.4, 0.5) is 18.9 Å². The molecule has 180 valence electrons. The first-order valence-electron chi connectivity index (χ1n) is 11.0. The Hall–Kier alpha value is -4.52. The lowest BCUT2D eigenvalue weighted by Gasteiger charge is -2.12. The van der Waals surface area contributed by atoms with Crippen molar-refractivity contribution in [3.05, 3.63) is 125 Å². The van der Waals surface area contributed by atoms with Crippen LogP contribution in [0.15, 0.2) is 97.1 Å². The minimum atomic E-state index is -4.43. The number of allylic oxidation sites excluding steroid dienone is 1. The number of rotatable bonds is 6. The second kappa shape index (κ2) is 10.4. The van der Waals surface area contributed by atoms with Gasteiger partial charge in [-0.3, -0.25) is 14.6 Å². The van der Waals surface area contributed by atoms with E-state index in [4.69, 9.17) is 0 Å². The molecule has 1 heterocycles. The fourth-order valence-electron chi connectivity index (χ4n) is 3.60. The van der Waals surface area contributed by atoms with Crippen LogP contribution < -0.4 is 5.32 Å². The fourth-order valence-corrected chi connectivity index (χ4v) is 3.60. The molecule has 36 heavy (non-hydrogen) atoms. The lowest BCUT2D eigenvalue weighted by molar-refractivity contribution is -0.137. The van der Waals surface area contributed by atoms with Crippen molar-refractivity contribution in [2.75, 3.05) is 5.32 Å². The summed E-state index contributed by atoms with van der Waals surface area (Å²) < 4.78 is 38.7. The summed E-state index contributed by atoms with van der Waals surface area (Å²) in [5, 5.41) is 2.78. The Labute approximate surface area is 206 Å². The van der Waals surface area contributed by atoms with Gasteiger partial charge in [0.1, 0.15) is 0 Å². The predicted molar refractivity (Wildman–Crippen MR) is 134 cm³/mol. The number of nitrogens with zero attached hydrogens (tertiary/aromatic N) is 1. The van der Waals surface area contributed by atoms with Gasteiger partial charge in [0.2, 0.25) is 0 Å². The van der Waals surface area contributed by atoms with Gasteiger partial charge < -0.3 is 5.32 Å². The number of carbonyl (C=O) groups is 2. The van der Waals surface area contributed by atoms with Crippen molar-refractivity contribution in [3.8, 4) is 11.1 Å². The van der Waals surface area contributed by atoms with Gasteiger partial charge in [0.15, 0.2) is 5.78 Å². The molecule has 1 aromatic heterocycles. The molecule has 0 aliphatic rings. The van der Waals surface area contributed by atoms with Crippen molar-refractivity contribution < 1.29 is 22.8 Å². The number of aromatic nitrogens is 1. The van der Waals surface area contributed by atoms with Gasteiger partial charge in [-0.05, 0) is 84.8 Å². The van der Waals surface area contributed by atoms with Gasteiger partial charge in [-0.25, -0.2) is 0 Å². The van der Waals surface area contributed by atoms with Crippen molar-refractivity contribution in [2.24, 2.45) is 0 Å². The summed E-state index contributed by atoms with van der Waals surface area (Å²) in [7, 11) is 0. The maximum absolute atomic E-state index is 13.0. The summed E-state index contributed by atoms with van der Waals surface area (Å²) in [4.78, 5) is 29.8. The van der Waals surface area contributed by atoms with Crippen molar-refractivity contribution in [1.29, 1.82) is 0 Å². The van der Waals surface area contributed by atoms with E-state index in [-0.39, 0.29) is 5.78 Å². The molecular formula is C29H21F3N2O2. The number of hydrogen-bond donors (Lipinski definition) is 1. The van der Waals surface area contributed by atoms with Crippen LogP contribution in [0.2, 0.25) is 0 Å². The Morgan fingerprint density at radius 2 is 1.53 bits per heavy atom. The number of hydrogen-bond acceptors (Lipinski definition) is 3. The van der Waals surface area contributed by atoms with Crippen molar-refractivity contribution >= 4 is 23.5 Å². The molecule has 0 aliphatic heterocycles. The SMILES string of the molecule is Cc1cccc(C=CC(=O)c2ccc(NC(=O)c3ccccc3-c3ccc(C(F)(F)F)cc3)cc2)n1. The first-order valence-corrected chi connectivity index (χ1v) is 11.0. The molecule has 4 rings (SSSR count). The molecule has 1 amide bonds. The fraction of sp³-hybridized carbons (Fsp3) is 0.0690. The third-order valence-corrected chi connectivity index (χ3v) is 5.44. The molecule has 1 N–H and O–H groups in total. The number of alkyl halides is 3. The Kier molecular flexibility index (Phi) is 7.10. The summed E-state index contributed by atoms with van der Waals surface area (Å²) in [6, 6.07) is 23.3. The van der Waals surface area contributed by atoms with Crippen molar-refractivity contribution in [3.63, 3.8) is 0 Å². The second-order valence-electron chi connectivity index (χ2n) is 8.05. The monoisotopic (exact) mass is 486 g/mol. The summed E-state index contributed by atoms with van der Waals surface area (Å²) in [5.41, 5.74) is 3.00. The highest BCUT2D eigenvalue weighted by Crippen LogP contribution is 2.32. The summed E-state index contributed by atoms with van der Waals surface area (Å²) in [6.45, 7) is 1.87. The average molecular weight is 486 g/mol. The molecule has 0 atom stereocenters.